The summed E-state index contributed by atoms with van der Waals surface area (Å²) in [5.74, 6) is 2.62. The van der Waals surface area contributed by atoms with Gasteiger partial charge in [-0.05, 0) is 32.2 Å². The molecule has 0 radical (unpaired) electrons. The number of hydrogen-bond donors (Lipinski definition) is 0. The third kappa shape index (κ3) is 3.49. The molecule has 7 nitrogen and oxygen atoms in total. The minimum atomic E-state index is -0.283. The molecule has 2 aliphatic heterocycles. The smallest absolute Gasteiger partial charge is 0.273 e. The molecule has 0 N–H and O–H groups in total. The largest absolute Gasteiger partial charge is 0.315 e. The number of aryl methyl sites for hydroxylation is 1. The van der Waals surface area contributed by atoms with Crippen LogP contribution in [0.3, 0.4) is 0 Å². The zero-order valence-electron chi connectivity index (χ0n) is 15.0. The number of piperidine rings is 1. The van der Waals surface area contributed by atoms with Gasteiger partial charge in [0.25, 0.3) is 5.69 Å². The fourth-order valence-corrected chi connectivity index (χ4v) is 4.28. The van der Waals surface area contributed by atoms with Crippen LogP contribution in [0.1, 0.15) is 55.2 Å². The number of fused-ring (bicyclic) bond motifs is 1. The molecule has 7 heteroatoms. The topological polar surface area (TPSA) is 77.1 Å². The fraction of sp³-hybridized carbons (Fsp3) is 0.579. The van der Waals surface area contributed by atoms with Crippen LogP contribution in [0.2, 0.25) is 0 Å². The Kier molecular flexibility index (Phi) is 4.97. The molecule has 1 aromatic heterocycles. The van der Waals surface area contributed by atoms with Gasteiger partial charge in [0.2, 0.25) is 0 Å². The van der Waals surface area contributed by atoms with E-state index in [2.05, 4.69) is 19.7 Å². The molecule has 26 heavy (non-hydrogen) atoms. The van der Waals surface area contributed by atoms with Crippen LogP contribution < -0.4 is 0 Å². The molecule has 0 bridgehead atoms. The van der Waals surface area contributed by atoms with Gasteiger partial charge in [0.1, 0.15) is 11.6 Å². The molecule has 1 unspecified atom stereocenters. The lowest BCUT2D eigenvalue weighted by molar-refractivity contribution is -0.385. The number of aromatic nitrogens is 3. The van der Waals surface area contributed by atoms with Crippen molar-refractivity contribution < 1.29 is 4.92 Å². The summed E-state index contributed by atoms with van der Waals surface area (Å²) in [4.78, 5) is 13.3. The van der Waals surface area contributed by atoms with Crippen molar-refractivity contribution in [1.29, 1.82) is 0 Å². The molecule has 3 heterocycles. The molecule has 1 fully saturated rings. The monoisotopic (exact) mass is 355 g/mol. The lowest BCUT2D eigenvalue weighted by Gasteiger charge is -2.32. The minimum absolute atomic E-state index is 0.214. The quantitative estimate of drug-likeness (QED) is 0.621. The Morgan fingerprint density at radius 3 is 2.88 bits per heavy atom. The van der Waals surface area contributed by atoms with E-state index in [9.17, 15) is 10.1 Å². The molecular weight excluding hydrogens is 330 g/mol. The van der Waals surface area contributed by atoms with Crippen LogP contribution in [0.15, 0.2) is 24.3 Å². The summed E-state index contributed by atoms with van der Waals surface area (Å²) in [6, 6.07) is 7.06. The van der Waals surface area contributed by atoms with Crippen LogP contribution in [0.4, 0.5) is 5.69 Å². The Morgan fingerprint density at radius 2 is 2.00 bits per heavy atom. The predicted octanol–water partition coefficient (Wildman–Crippen LogP) is 3.29. The molecular formula is C19H25N5O2. The molecule has 1 aromatic carbocycles. The highest BCUT2D eigenvalue weighted by atomic mass is 16.6. The number of benzene rings is 1. The van der Waals surface area contributed by atoms with E-state index in [-0.39, 0.29) is 10.6 Å². The Balaban J connectivity index is 1.50. The third-order valence-corrected chi connectivity index (χ3v) is 5.59. The van der Waals surface area contributed by atoms with E-state index in [4.69, 9.17) is 0 Å². The van der Waals surface area contributed by atoms with Crippen molar-refractivity contribution >= 4 is 5.69 Å². The summed E-state index contributed by atoms with van der Waals surface area (Å²) >= 11 is 0. The first-order valence-corrected chi connectivity index (χ1v) is 9.59. The lowest BCUT2D eigenvalue weighted by Crippen LogP contribution is -2.35. The Hall–Kier alpha value is -2.28. The molecule has 0 aliphatic carbocycles. The number of nitrogens with zero attached hydrogens (tertiary/aromatic N) is 5. The minimum Gasteiger partial charge on any atom is -0.315 e. The molecule has 1 atom stereocenters. The van der Waals surface area contributed by atoms with Gasteiger partial charge in [-0.15, -0.1) is 10.2 Å². The number of rotatable bonds is 4. The van der Waals surface area contributed by atoms with Crippen molar-refractivity contribution in [3.05, 3.63) is 51.6 Å². The maximum atomic E-state index is 11.3. The van der Waals surface area contributed by atoms with E-state index < -0.39 is 0 Å². The molecule has 2 aromatic rings. The zero-order chi connectivity index (χ0) is 17.9. The van der Waals surface area contributed by atoms with E-state index >= 15 is 0 Å². The molecule has 1 saturated heterocycles. The van der Waals surface area contributed by atoms with Crippen molar-refractivity contribution in [3.8, 4) is 0 Å². The summed E-state index contributed by atoms with van der Waals surface area (Å²) in [6.45, 7) is 3.51. The average molecular weight is 355 g/mol. The lowest BCUT2D eigenvalue weighted by atomic mass is 9.96. The van der Waals surface area contributed by atoms with Gasteiger partial charge in [-0.25, -0.2) is 0 Å². The first-order valence-electron chi connectivity index (χ1n) is 9.59. The summed E-state index contributed by atoms with van der Waals surface area (Å²) in [7, 11) is 0. The number of likely N-dealkylation sites (tertiary alicyclic amines) is 1. The van der Waals surface area contributed by atoms with E-state index in [1.807, 2.05) is 12.1 Å². The second-order valence-corrected chi connectivity index (χ2v) is 7.40. The van der Waals surface area contributed by atoms with Crippen LogP contribution >= 0.6 is 0 Å². The maximum absolute atomic E-state index is 11.3. The standard InChI is InChI=1S/C19H25N5O2/c25-24(26)17-9-4-3-7-15(17)13-22-11-6-8-16(14-22)19-21-20-18-10-2-1-5-12-23(18)19/h3-4,7,9,16H,1-2,5-6,8,10-14H2. The van der Waals surface area contributed by atoms with Gasteiger partial charge in [0, 0.05) is 43.6 Å². The normalized spacial score (nSPS) is 21.2. The second kappa shape index (κ2) is 7.53. The first-order chi connectivity index (χ1) is 12.7. The highest BCUT2D eigenvalue weighted by molar-refractivity contribution is 5.39. The maximum Gasteiger partial charge on any atom is 0.273 e. The highest BCUT2D eigenvalue weighted by Crippen LogP contribution is 2.29. The summed E-state index contributed by atoms with van der Waals surface area (Å²) in [6.07, 6.45) is 6.90. The van der Waals surface area contributed by atoms with Crippen molar-refractivity contribution in [1.82, 2.24) is 19.7 Å². The van der Waals surface area contributed by atoms with Crippen LogP contribution in [-0.2, 0) is 19.5 Å². The molecule has 0 saturated carbocycles. The van der Waals surface area contributed by atoms with Gasteiger partial charge in [-0.1, -0.05) is 24.6 Å². The number of hydrogen-bond acceptors (Lipinski definition) is 5. The van der Waals surface area contributed by atoms with Gasteiger partial charge in [-0.2, -0.15) is 0 Å². The van der Waals surface area contributed by atoms with Gasteiger partial charge in [0.05, 0.1) is 4.92 Å². The van der Waals surface area contributed by atoms with E-state index in [0.29, 0.717) is 12.5 Å². The van der Waals surface area contributed by atoms with Crippen molar-refractivity contribution in [2.45, 2.75) is 57.5 Å². The van der Waals surface area contributed by atoms with Crippen LogP contribution in [-0.4, -0.2) is 37.7 Å². The molecule has 2 aliphatic rings. The van der Waals surface area contributed by atoms with Crippen molar-refractivity contribution in [2.24, 2.45) is 0 Å². The van der Waals surface area contributed by atoms with E-state index in [1.165, 1.54) is 19.3 Å². The Bertz CT molecular complexity index is 788. The van der Waals surface area contributed by atoms with Gasteiger partial charge >= 0.3 is 0 Å². The van der Waals surface area contributed by atoms with E-state index in [0.717, 1.165) is 56.1 Å². The Labute approximate surface area is 153 Å². The Morgan fingerprint density at radius 1 is 1.12 bits per heavy atom. The summed E-state index contributed by atoms with van der Waals surface area (Å²) in [5, 5.41) is 20.2. The number of nitro benzene ring substituents is 1. The predicted molar refractivity (Wildman–Crippen MR) is 97.9 cm³/mol. The highest BCUT2D eigenvalue weighted by Gasteiger charge is 2.28. The van der Waals surface area contributed by atoms with Crippen molar-refractivity contribution in [2.75, 3.05) is 13.1 Å². The van der Waals surface area contributed by atoms with Crippen LogP contribution in [0.25, 0.3) is 0 Å². The number of nitro groups is 1. The van der Waals surface area contributed by atoms with Crippen molar-refractivity contribution in [3.63, 3.8) is 0 Å². The molecule has 0 amide bonds. The van der Waals surface area contributed by atoms with Crippen LogP contribution in [0.5, 0.6) is 0 Å². The summed E-state index contributed by atoms with van der Waals surface area (Å²) in [5.41, 5.74) is 1.00. The van der Waals surface area contributed by atoms with Gasteiger partial charge in [-0.3, -0.25) is 15.0 Å². The average Bonchev–Trinajstić information content (AvgIpc) is 2.91. The van der Waals surface area contributed by atoms with Gasteiger partial charge in [0.15, 0.2) is 0 Å². The number of para-hydroxylation sites is 1. The zero-order valence-corrected chi connectivity index (χ0v) is 15.0. The summed E-state index contributed by atoms with van der Waals surface area (Å²) < 4.78 is 2.34. The van der Waals surface area contributed by atoms with Gasteiger partial charge < -0.3 is 4.57 Å². The SMILES string of the molecule is O=[N+]([O-])c1ccccc1CN1CCCC(c2nnc3n2CCCCC3)C1. The first kappa shape index (κ1) is 17.1. The van der Waals surface area contributed by atoms with Crippen LogP contribution in [0, 0.1) is 10.1 Å². The fourth-order valence-electron chi connectivity index (χ4n) is 4.28. The molecule has 138 valence electrons. The second-order valence-electron chi connectivity index (χ2n) is 7.40. The third-order valence-electron chi connectivity index (χ3n) is 5.59. The van der Waals surface area contributed by atoms with E-state index in [1.54, 1.807) is 12.1 Å². The molecule has 0 spiro atoms. The molecule has 4 rings (SSSR count).